The van der Waals surface area contributed by atoms with Crippen LogP contribution in [-0.2, 0) is 13.5 Å². The van der Waals surface area contributed by atoms with Gasteiger partial charge in [-0.05, 0) is 23.3 Å². The van der Waals surface area contributed by atoms with E-state index >= 15 is 0 Å². The molecule has 1 aromatic carbocycles. The number of rotatable bonds is 3. The molecule has 16 heavy (non-hydrogen) atoms. The number of hydrogen-bond acceptors (Lipinski definition) is 4. The maximum absolute atomic E-state index is 5.41. The second kappa shape index (κ2) is 4.30. The summed E-state index contributed by atoms with van der Waals surface area (Å²) in [6.07, 6.45) is 0.914. The Morgan fingerprint density at radius 1 is 1.38 bits per heavy atom. The number of nitrogens with zero attached hydrogens (tertiary/aromatic N) is 4. The van der Waals surface area contributed by atoms with E-state index in [1.807, 2.05) is 18.2 Å². The van der Waals surface area contributed by atoms with Crippen LogP contribution in [0.3, 0.4) is 0 Å². The molecule has 0 bridgehead atoms. The Morgan fingerprint density at radius 2 is 2.19 bits per heavy atom. The number of aryl methyl sites for hydroxylation is 2. The molecule has 84 valence electrons. The van der Waals surface area contributed by atoms with Crippen LogP contribution in [0.1, 0.15) is 12.5 Å². The van der Waals surface area contributed by atoms with Crippen molar-refractivity contribution in [1.29, 1.82) is 0 Å². The summed E-state index contributed by atoms with van der Waals surface area (Å²) in [5, 5.41) is 12.0. The molecule has 0 fully saturated rings. The van der Waals surface area contributed by atoms with Gasteiger partial charge in [-0.1, -0.05) is 19.1 Å². The van der Waals surface area contributed by atoms with Crippen molar-refractivity contribution in [2.45, 2.75) is 13.3 Å². The minimum atomic E-state index is 0.592. The van der Waals surface area contributed by atoms with Crippen LogP contribution in [0.5, 0.6) is 5.75 Å². The molecule has 2 aromatic rings. The summed E-state index contributed by atoms with van der Waals surface area (Å²) in [5.41, 5.74) is 2.03. The van der Waals surface area contributed by atoms with Crippen LogP contribution in [-0.4, -0.2) is 27.3 Å². The monoisotopic (exact) mass is 218 g/mol. The van der Waals surface area contributed by atoms with E-state index in [0.29, 0.717) is 5.82 Å². The van der Waals surface area contributed by atoms with Gasteiger partial charge in [0.1, 0.15) is 5.75 Å². The minimum Gasteiger partial charge on any atom is -0.496 e. The average molecular weight is 218 g/mol. The van der Waals surface area contributed by atoms with Crippen molar-refractivity contribution < 1.29 is 4.74 Å². The third-order valence-corrected chi connectivity index (χ3v) is 2.43. The number of benzene rings is 1. The molecule has 0 N–H and O–H groups in total. The Kier molecular flexibility index (Phi) is 2.85. The highest BCUT2D eigenvalue weighted by Crippen LogP contribution is 2.30. The van der Waals surface area contributed by atoms with Gasteiger partial charge in [-0.2, -0.15) is 4.80 Å². The van der Waals surface area contributed by atoms with Crippen molar-refractivity contribution in [3.63, 3.8) is 0 Å². The predicted molar refractivity (Wildman–Crippen MR) is 60.2 cm³/mol. The van der Waals surface area contributed by atoms with Gasteiger partial charge < -0.3 is 4.74 Å². The second-order valence-electron chi connectivity index (χ2n) is 3.45. The molecule has 0 aliphatic carbocycles. The summed E-state index contributed by atoms with van der Waals surface area (Å²) in [6, 6.07) is 5.96. The lowest BCUT2D eigenvalue weighted by Gasteiger charge is -2.09. The lowest BCUT2D eigenvalue weighted by atomic mass is 10.1. The quantitative estimate of drug-likeness (QED) is 0.782. The fourth-order valence-electron chi connectivity index (χ4n) is 1.67. The van der Waals surface area contributed by atoms with Gasteiger partial charge in [0.2, 0.25) is 5.82 Å². The molecular formula is C11H14N4O. The standard InChI is InChI=1S/C11H14N4O/c1-4-8-6-5-7-9(10(8)16-3)11-12-14-15(2)13-11/h5-7H,4H2,1-3H3. The average Bonchev–Trinajstić information content (AvgIpc) is 2.74. The summed E-state index contributed by atoms with van der Waals surface area (Å²) in [4.78, 5) is 1.44. The smallest absolute Gasteiger partial charge is 0.208 e. The van der Waals surface area contributed by atoms with Crippen molar-refractivity contribution in [1.82, 2.24) is 20.2 Å². The van der Waals surface area contributed by atoms with E-state index in [2.05, 4.69) is 22.3 Å². The molecule has 0 amide bonds. The Hall–Kier alpha value is -1.91. The van der Waals surface area contributed by atoms with Gasteiger partial charge in [0.05, 0.1) is 19.7 Å². The minimum absolute atomic E-state index is 0.592. The van der Waals surface area contributed by atoms with E-state index in [1.54, 1.807) is 14.2 Å². The Bertz CT molecular complexity index is 492. The first-order valence-corrected chi connectivity index (χ1v) is 5.16. The Morgan fingerprint density at radius 3 is 2.75 bits per heavy atom. The lowest BCUT2D eigenvalue weighted by molar-refractivity contribution is 0.411. The molecule has 1 heterocycles. The zero-order chi connectivity index (χ0) is 11.5. The third kappa shape index (κ3) is 1.76. The first kappa shape index (κ1) is 10.6. The molecule has 0 atom stereocenters. The maximum Gasteiger partial charge on any atom is 0.208 e. The van der Waals surface area contributed by atoms with Crippen LogP contribution in [0.15, 0.2) is 18.2 Å². The highest BCUT2D eigenvalue weighted by Gasteiger charge is 2.13. The van der Waals surface area contributed by atoms with Gasteiger partial charge in [-0.25, -0.2) is 0 Å². The van der Waals surface area contributed by atoms with Crippen molar-refractivity contribution >= 4 is 0 Å². The molecule has 2 rings (SSSR count). The molecule has 0 spiro atoms. The highest BCUT2D eigenvalue weighted by molar-refractivity contribution is 5.65. The molecule has 0 saturated carbocycles. The van der Waals surface area contributed by atoms with Gasteiger partial charge in [0.15, 0.2) is 0 Å². The largest absolute Gasteiger partial charge is 0.496 e. The van der Waals surface area contributed by atoms with Crippen molar-refractivity contribution in [2.24, 2.45) is 7.05 Å². The number of para-hydroxylation sites is 1. The van der Waals surface area contributed by atoms with E-state index in [0.717, 1.165) is 23.3 Å². The summed E-state index contributed by atoms with van der Waals surface area (Å²) >= 11 is 0. The van der Waals surface area contributed by atoms with E-state index in [1.165, 1.54) is 4.80 Å². The van der Waals surface area contributed by atoms with Gasteiger partial charge >= 0.3 is 0 Å². The van der Waals surface area contributed by atoms with Crippen molar-refractivity contribution in [3.8, 4) is 17.1 Å². The second-order valence-corrected chi connectivity index (χ2v) is 3.45. The highest BCUT2D eigenvalue weighted by atomic mass is 16.5. The predicted octanol–water partition coefficient (Wildman–Crippen LogP) is 1.45. The van der Waals surface area contributed by atoms with E-state index in [9.17, 15) is 0 Å². The van der Waals surface area contributed by atoms with Crippen molar-refractivity contribution in [2.75, 3.05) is 7.11 Å². The fourth-order valence-corrected chi connectivity index (χ4v) is 1.67. The normalized spacial score (nSPS) is 10.4. The molecule has 0 radical (unpaired) electrons. The maximum atomic E-state index is 5.41. The molecule has 1 aromatic heterocycles. The molecule has 0 aliphatic rings. The van der Waals surface area contributed by atoms with Crippen LogP contribution in [0, 0.1) is 0 Å². The number of tetrazole rings is 1. The summed E-state index contributed by atoms with van der Waals surface area (Å²) in [7, 11) is 3.40. The molecule has 5 heteroatoms. The number of aromatic nitrogens is 4. The Labute approximate surface area is 94.0 Å². The molecule has 0 aliphatic heterocycles. The van der Waals surface area contributed by atoms with Crippen LogP contribution in [0.25, 0.3) is 11.4 Å². The summed E-state index contributed by atoms with van der Waals surface area (Å²) in [5.74, 6) is 1.42. The third-order valence-electron chi connectivity index (χ3n) is 2.43. The van der Waals surface area contributed by atoms with Gasteiger partial charge in [0.25, 0.3) is 0 Å². The van der Waals surface area contributed by atoms with E-state index < -0.39 is 0 Å². The Balaban J connectivity index is 2.56. The van der Waals surface area contributed by atoms with Gasteiger partial charge in [-0.15, -0.1) is 10.2 Å². The SMILES string of the molecule is CCc1cccc(-c2nnn(C)n2)c1OC. The zero-order valence-electron chi connectivity index (χ0n) is 9.64. The van der Waals surface area contributed by atoms with Gasteiger partial charge in [0, 0.05) is 0 Å². The molecular weight excluding hydrogens is 204 g/mol. The van der Waals surface area contributed by atoms with Crippen molar-refractivity contribution in [3.05, 3.63) is 23.8 Å². The number of ether oxygens (including phenoxy) is 1. The van der Waals surface area contributed by atoms with E-state index in [4.69, 9.17) is 4.74 Å². The molecule has 0 unspecified atom stereocenters. The molecule has 5 nitrogen and oxygen atoms in total. The zero-order valence-corrected chi connectivity index (χ0v) is 9.64. The molecule has 0 saturated heterocycles. The summed E-state index contributed by atoms with van der Waals surface area (Å²) < 4.78 is 5.41. The topological polar surface area (TPSA) is 52.8 Å². The van der Waals surface area contributed by atoms with Crippen LogP contribution < -0.4 is 4.74 Å². The number of methoxy groups -OCH3 is 1. The van der Waals surface area contributed by atoms with Crippen LogP contribution in [0.4, 0.5) is 0 Å². The van der Waals surface area contributed by atoms with Crippen LogP contribution in [0.2, 0.25) is 0 Å². The first-order chi connectivity index (χ1) is 7.76. The fraction of sp³-hybridized carbons (Fsp3) is 0.364. The van der Waals surface area contributed by atoms with Crippen LogP contribution >= 0.6 is 0 Å². The lowest BCUT2D eigenvalue weighted by Crippen LogP contribution is -1.95. The summed E-state index contributed by atoms with van der Waals surface area (Å²) in [6.45, 7) is 2.09. The number of hydrogen-bond donors (Lipinski definition) is 0. The van der Waals surface area contributed by atoms with E-state index in [-0.39, 0.29) is 0 Å². The van der Waals surface area contributed by atoms with Gasteiger partial charge in [-0.3, -0.25) is 0 Å². The first-order valence-electron chi connectivity index (χ1n) is 5.16.